The molecule has 6 nitrogen and oxygen atoms in total. The molecule has 0 aliphatic rings. The Morgan fingerprint density at radius 3 is 2.15 bits per heavy atom. The van der Waals surface area contributed by atoms with Crippen molar-refractivity contribution in [3.05, 3.63) is 84.4 Å². The number of nitrogens with zero attached hydrogens (tertiary/aromatic N) is 4. The molecule has 5 rings (SSSR count). The van der Waals surface area contributed by atoms with Crippen molar-refractivity contribution in [1.82, 2.24) is 20.2 Å². The molecule has 8 heteroatoms. The van der Waals surface area contributed by atoms with Crippen LogP contribution in [0.4, 0.5) is 5.13 Å². The molecule has 0 spiro atoms. The molecule has 1 amide bonds. The predicted molar refractivity (Wildman–Crippen MR) is 139 cm³/mol. The molecule has 168 valence electrons. The SMILES string of the molecule is CCCSc1nnc(NC(=O)c2ccc3nc(-c4ccccc4)c(-c4ccccc4)nc3c2)s1. The predicted octanol–water partition coefficient (Wildman–Crippen LogP) is 6.57. The van der Waals surface area contributed by atoms with E-state index in [1.54, 1.807) is 23.9 Å². The van der Waals surface area contributed by atoms with Crippen molar-refractivity contribution < 1.29 is 4.79 Å². The summed E-state index contributed by atoms with van der Waals surface area (Å²) in [6.45, 7) is 2.12. The zero-order valence-electron chi connectivity index (χ0n) is 18.4. The van der Waals surface area contributed by atoms with Gasteiger partial charge < -0.3 is 0 Å². The lowest BCUT2D eigenvalue weighted by Gasteiger charge is -2.11. The van der Waals surface area contributed by atoms with Crippen LogP contribution in [-0.2, 0) is 0 Å². The minimum atomic E-state index is -0.250. The van der Waals surface area contributed by atoms with Crippen molar-refractivity contribution in [2.45, 2.75) is 17.7 Å². The summed E-state index contributed by atoms with van der Waals surface area (Å²) in [7, 11) is 0. The standard InChI is InChI=1S/C26H21N5OS2/c1-2-15-33-26-31-30-25(34-26)29-24(32)19-13-14-20-21(16-19)28-23(18-11-7-4-8-12-18)22(27-20)17-9-5-3-6-10-17/h3-14,16H,2,15H2,1H3,(H,29,30,32). The van der Waals surface area contributed by atoms with Gasteiger partial charge in [0, 0.05) is 22.4 Å². The van der Waals surface area contributed by atoms with E-state index in [1.807, 2.05) is 66.7 Å². The van der Waals surface area contributed by atoms with Gasteiger partial charge in [-0.2, -0.15) is 0 Å². The van der Waals surface area contributed by atoms with Crippen LogP contribution >= 0.6 is 23.1 Å². The van der Waals surface area contributed by atoms with Crippen molar-refractivity contribution in [3.63, 3.8) is 0 Å². The lowest BCUT2D eigenvalue weighted by atomic mass is 10.0. The Morgan fingerprint density at radius 2 is 1.50 bits per heavy atom. The number of rotatable bonds is 7. The van der Waals surface area contributed by atoms with Crippen molar-refractivity contribution in [2.24, 2.45) is 0 Å². The highest BCUT2D eigenvalue weighted by molar-refractivity contribution is 8.01. The fourth-order valence-electron chi connectivity index (χ4n) is 3.47. The number of hydrogen-bond acceptors (Lipinski definition) is 7. The number of thioether (sulfide) groups is 1. The van der Waals surface area contributed by atoms with Crippen LogP contribution in [0.1, 0.15) is 23.7 Å². The molecular weight excluding hydrogens is 462 g/mol. The van der Waals surface area contributed by atoms with Crippen molar-refractivity contribution in [3.8, 4) is 22.5 Å². The summed E-state index contributed by atoms with van der Waals surface area (Å²) in [6.07, 6.45) is 1.06. The van der Waals surface area contributed by atoms with Crippen LogP contribution in [-0.4, -0.2) is 31.8 Å². The molecule has 3 aromatic carbocycles. The third-order valence-electron chi connectivity index (χ3n) is 5.08. The van der Waals surface area contributed by atoms with E-state index in [0.717, 1.165) is 44.5 Å². The summed E-state index contributed by atoms with van der Waals surface area (Å²) in [5.41, 5.74) is 5.42. The number of hydrogen-bond donors (Lipinski definition) is 1. The molecule has 2 heterocycles. The number of nitrogens with one attached hydrogen (secondary N) is 1. The van der Waals surface area contributed by atoms with Crippen molar-refractivity contribution in [2.75, 3.05) is 11.1 Å². The van der Waals surface area contributed by atoms with E-state index in [9.17, 15) is 4.79 Å². The van der Waals surface area contributed by atoms with Gasteiger partial charge in [-0.15, -0.1) is 10.2 Å². The molecule has 0 saturated heterocycles. The summed E-state index contributed by atoms with van der Waals surface area (Å²) in [6, 6.07) is 25.3. The van der Waals surface area contributed by atoms with Gasteiger partial charge in [0.2, 0.25) is 5.13 Å². The van der Waals surface area contributed by atoms with Gasteiger partial charge in [0.25, 0.3) is 5.91 Å². The summed E-state index contributed by atoms with van der Waals surface area (Å²) in [4.78, 5) is 22.8. The van der Waals surface area contributed by atoms with Crippen LogP contribution in [0.25, 0.3) is 33.5 Å². The third-order valence-corrected chi connectivity index (χ3v) is 7.26. The van der Waals surface area contributed by atoms with Crippen LogP contribution in [0.5, 0.6) is 0 Å². The van der Waals surface area contributed by atoms with E-state index < -0.39 is 0 Å². The lowest BCUT2D eigenvalue weighted by Crippen LogP contribution is -2.11. The summed E-state index contributed by atoms with van der Waals surface area (Å²) >= 11 is 3.02. The van der Waals surface area contributed by atoms with Crippen molar-refractivity contribution in [1.29, 1.82) is 0 Å². The molecule has 34 heavy (non-hydrogen) atoms. The van der Waals surface area contributed by atoms with Gasteiger partial charge in [0.15, 0.2) is 4.34 Å². The number of fused-ring (bicyclic) bond motifs is 1. The van der Waals surface area contributed by atoms with Gasteiger partial charge in [-0.3, -0.25) is 10.1 Å². The maximum atomic E-state index is 12.9. The van der Waals surface area contributed by atoms with Crippen LogP contribution in [0.2, 0.25) is 0 Å². The van der Waals surface area contributed by atoms with Gasteiger partial charge >= 0.3 is 0 Å². The largest absolute Gasteiger partial charge is 0.296 e. The topological polar surface area (TPSA) is 80.7 Å². The second-order valence-electron chi connectivity index (χ2n) is 7.53. The van der Waals surface area contributed by atoms with E-state index in [0.29, 0.717) is 16.2 Å². The summed E-state index contributed by atoms with van der Waals surface area (Å²) in [5.74, 6) is 0.723. The molecule has 0 unspecified atom stereocenters. The number of aromatic nitrogens is 4. The normalized spacial score (nSPS) is 11.0. The Labute approximate surface area is 205 Å². The second kappa shape index (κ2) is 10.1. The first-order valence-corrected chi connectivity index (χ1v) is 12.7. The molecule has 0 bridgehead atoms. The zero-order valence-corrected chi connectivity index (χ0v) is 20.1. The molecular formula is C26H21N5OS2. The highest BCUT2D eigenvalue weighted by atomic mass is 32.2. The monoisotopic (exact) mass is 483 g/mol. The second-order valence-corrected chi connectivity index (χ2v) is 9.85. The highest BCUT2D eigenvalue weighted by Crippen LogP contribution is 2.31. The third kappa shape index (κ3) is 4.83. The fourth-order valence-corrected chi connectivity index (χ4v) is 5.14. The van der Waals surface area contributed by atoms with E-state index in [-0.39, 0.29) is 5.91 Å². The maximum absolute atomic E-state index is 12.9. The van der Waals surface area contributed by atoms with E-state index in [4.69, 9.17) is 9.97 Å². The van der Waals surface area contributed by atoms with Gasteiger partial charge in [-0.05, 0) is 24.6 Å². The van der Waals surface area contributed by atoms with E-state index in [1.165, 1.54) is 11.3 Å². The highest BCUT2D eigenvalue weighted by Gasteiger charge is 2.16. The first kappa shape index (κ1) is 22.2. The minimum absolute atomic E-state index is 0.250. The molecule has 0 radical (unpaired) electrons. The van der Waals surface area contributed by atoms with Crippen LogP contribution in [0, 0.1) is 0 Å². The molecule has 1 N–H and O–H groups in total. The molecule has 2 aromatic heterocycles. The number of anilines is 1. The molecule has 5 aromatic rings. The van der Waals surface area contributed by atoms with E-state index >= 15 is 0 Å². The first-order valence-electron chi connectivity index (χ1n) is 10.9. The van der Waals surface area contributed by atoms with Gasteiger partial charge in [0.1, 0.15) is 0 Å². The smallest absolute Gasteiger partial charge is 0.257 e. The maximum Gasteiger partial charge on any atom is 0.257 e. The molecule has 0 atom stereocenters. The van der Waals surface area contributed by atoms with Crippen LogP contribution in [0.15, 0.2) is 83.2 Å². The minimum Gasteiger partial charge on any atom is -0.296 e. The van der Waals surface area contributed by atoms with Gasteiger partial charge in [-0.25, -0.2) is 9.97 Å². The lowest BCUT2D eigenvalue weighted by molar-refractivity contribution is 0.102. The zero-order chi connectivity index (χ0) is 23.3. The average Bonchev–Trinajstić information content (AvgIpc) is 3.34. The Kier molecular flexibility index (Phi) is 6.60. The molecule has 0 saturated carbocycles. The molecule has 0 aliphatic heterocycles. The summed E-state index contributed by atoms with van der Waals surface area (Å²) in [5, 5.41) is 11.5. The summed E-state index contributed by atoms with van der Waals surface area (Å²) < 4.78 is 0.850. The molecule has 0 aliphatic carbocycles. The molecule has 0 fully saturated rings. The number of carbonyl (C=O) groups excluding carboxylic acids is 1. The number of amides is 1. The Morgan fingerprint density at radius 1 is 0.853 bits per heavy atom. The average molecular weight is 484 g/mol. The van der Waals surface area contributed by atoms with Gasteiger partial charge in [0.05, 0.1) is 22.4 Å². The quantitative estimate of drug-likeness (QED) is 0.208. The fraction of sp³-hybridized carbons (Fsp3) is 0.115. The van der Waals surface area contributed by atoms with Crippen LogP contribution < -0.4 is 5.32 Å². The number of benzene rings is 3. The Hall–Kier alpha value is -3.62. The van der Waals surface area contributed by atoms with E-state index in [2.05, 4.69) is 22.4 Å². The first-order chi connectivity index (χ1) is 16.7. The van der Waals surface area contributed by atoms with Gasteiger partial charge in [-0.1, -0.05) is 90.7 Å². The number of carbonyl (C=O) groups is 1. The van der Waals surface area contributed by atoms with Crippen LogP contribution in [0.3, 0.4) is 0 Å². The Bertz CT molecular complexity index is 1440. The van der Waals surface area contributed by atoms with Crippen molar-refractivity contribution >= 4 is 45.2 Å². The Balaban J connectivity index is 1.50.